The van der Waals surface area contributed by atoms with E-state index in [0.29, 0.717) is 12.2 Å². The maximum absolute atomic E-state index is 8.75. The molecule has 2 aromatic carbocycles. The standard InChI is InChI=1S/C18H19NO/c1-18(2,3)16-6-4-5-15(11-16)13-20-17-9-7-14(12-19)8-10-17/h4-11H,13H2,1-3H3. The van der Waals surface area contributed by atoms with Gasteiger partial charge in [0.1, 0.15) is 12.4 Å². The lowest BCUT2D eigenvalue weighted by atomic mass is 9.86. The van der Waals surface area contributed by atoms with Gasteiger partial charge in [0.2, 0.25) is 0 Å². The highest BCUT2D eigenvalue weighted by molar-refractivity contribution is 5.35. The lowest BCUT2D eigenvalue weighted by Gasteiger charge is -2.19. The van der Waals surface area contributed by atoms with Gasteiger partial charge in [-0.25, -0.2) is 0 Å². The van der Waals surface area contributed by atoms with Crippen LogP contribution < -0.4 is 4.74 Å². The molecule has 0 aliphatic rings. The summed E-state index contributed by atoms with van der Waals surface area (Å²) in [4.78, 5) is 0. The van der Waals surface area contributed by atoms with Crippen LogP contribution in [-0.2, 0) is 12.0 Å². The Balaban J connectivity index is 2.05. The maximum Gasteiger partial charge on any atom is 0.119 e. The summed E-state index contributed by atoms with van der Waals surface area (Å²) >= 11 is 0. The number of nitrogens with zero attached hydrogens (tertiary/aromatic N) is 1. The normalized spacial score (nSPS) is 10.9. The quantitative estimate of drug-likeness (QED) is 0.822. The van der Waals surface area contributed by atoms with Crippen LogP contribution in [0.5, 0.6) is 5.75 Å². The first-order valence-corrected chi connectivity index (χ1v) is 6.71. The Hall–Kier alpha value is -2.27. The van der Waals surface area contributed by atoms with Crippen LogP contribution in [0.1, 0.15) is 37.5 Å². The van der Waals surface area contributed by atoms with Crippen molar-refractivity contribution < 1.29 is 4.74 Å². The second kappa shape index (κ2) is 5.79. The highest BCUT2D eigenvalue weighted by Crippen LogP contribution is 2.23. The first kappa shape index (κ1) is 14.1. The van der Waals surface area contributed by atoms with Crippen molar-refractivity contribution in [3.05, 3.63) is 65.2 Å². The van der Waals surface area contributed by atoms with E-state index in [-0.39, 0.29) is 5.41 Å². The Kier molecular flexibility index (Phi) is 4.10. The molecule has 0 heterocycles. The molecule has 2 nitrogen and oxygen atoms in total. The molecular formula is C18H19NO. The zero-order valence-electron chi connectivity index (χ0n) is 12.2. The van der Waals surface area contributed by atoms with Crippen LogP contribution in [-0.4, -0.2) is 0 Å². The van der Waals surface area contributed by atoms with Gasteiger partial charge in [-0.1, -0.05) is 45.0 Å². The molecule has 0 atom stereocenters. The summed E-state index contributed by atoms with van der Waals surface area (Å²) in [6, 6.07) is 17.7. The molecule has 102 valence electrons. The summed E-state index contributed by atoms with van der Waals surface area (Å²) < 4.78 is 5.75. The van der Waals surface area contributed by atoms with Gasteiger partial charge in [-0.3, -0.25) is 0 Å². The van der Waals surface area contributed by atoms with Crippen LogP contribution in [0.3, 0.4) is 0 Å². The van der Waals surface area contributed by atoms with E-state index in [0.717, 1.165) is 11.3 Å². The monoisotopic (exact) mass is 265 g/mol. The van der Waals surface area contributed by atoms with Crippen molar-refractivity contribution in [2.45, 2.75) is 32.8 Å². The largest absolute Gasteiger partial charge is 0.489 e. The zero-order valence-corrected chi connectivity index (χ0v) is 12.2. The summed E-state index contributed by atoms with van der Waals surface area (Å²) in [6.07, 6.45) is 0. The van der Waals surface area contributed by atoms with Crippen LogP contribution >= 0.6 is 0 Å². The third kappa shape index (κ3) is 3.61. The molecule has 0 aliphatic heterocycles. The van der Waals surface area contributed by atoms with Gasteiger partial charge in [-0.15, -0.1) is 0 Å². The van der Waals surface area contributed by atoms with Gasteiger partial charge >= 0.3 is 0 Å². The third-order valence-electron chi connectivity index (χ3n) is 3.18. The molecule has 0 radical (unpaired) electrons. The van der Waals surface area contributed by atoms with E-state index in [4.69, 9.17) is 10.00 Å². The third-order valence-corrected chi connectivity index (χ3v) is 3.18. The number of hydrogen-bond donors (Lipinski definition) is 0. The van der Waals surface area contributed by atoms with Crippen LogP contribution in [0.4, 0.5) is 0 Å². The van der Waals surface area contributed by atoms with Crippen LogP contribution in [0.15, 0.2) is 48.5 Å². The molecule has 0 aliphatic carbocycles. The summed E-state index contributed by atoms with van der Waals surface area (Å²) in [7, 11) is 0. The van der Waals surface area contributed by atoms with Gasteiger partial charge in [0.25, 0.3) is 0 Å². The van der Waals surface area contributed by atoms with Crippen molar-refractivity contribution in [2.24, 2.45) is 0 Å². The smallest absolute Gasteiger partial charge is 0.119 e. The van der Waals surface area contributed by atoms with Gasteiger partial charge in [-0.05, 0) is 40.8 Å². The fraction of sp³-hybridized carbons (Fsp3) is 0.278. The van der Waals surface area contributed by atoms with Crippen molar-refractivity contribution >= 4 is 0 Å². The van der Waals surface area contributed by atoms with E-state index >= 15 is 0 Å². The number of ether oxygens (including phenoxy) is 1. The average molecular weight is 265 g/mol. The predicted octanol–water partition coefficient (Wildman–Crippen LogP) is 4.43. The van der Waals surface area contributed by atoms with Crippen LogP contribution in [0.25, 0.3) is 0 Å². The summed E-state index contributed by atoms with van der Waals surface area (Å²) in [5, 5.41) is 8.75. The Morgan fingerprint density at radius 3 is 2.35 bits per heavy atom. The number of nitriles is 1. The van der Waals surface area contributed by atoms with Gasteiger partial charge in [-0.2, -0.15) is 5.26 Å². The van der Waals surface area contributed by atoms with Gasteiger partial charge in [0.15, 0.2) is 0 Å². The van der Waals surface area contributed by atoms with E-state index in [1.165, 1.54) is 5.56 Å². The van der Waals surface area contributed by atoms with Crippen LogP contribution in [0, 0.1) is 11.3 Å². The minimum Gasteiger partial charge on any atom is -0.489 e. The predicted molar refractivity (Wildman–Crippen MR) is 80.6 cm³/mol. The van der Waals surface area contributed by atoms with Crippen molar-refractivity contribution in [3.8, 4) is 11.8 Å². The zero-order chi connectivity index (χ0) is 14.6. The van der Waals surface area contributed by atoms with Gasteiger partial charge < -0.3 is 4.74 Å². The highest BCUT2D eigenvalue weighted by Gasteiger charge is 2.13. The minimum atomic E-state index is 0.143. The fourth-order valence-corrected chi connectivity index (χ4v) is 1.92. The van der Waals surface area contributed by atoms with Crippen molar-refractivity contribution in [2.75, 3.05) is 0 Å². The Morgan fingerprint density at radius 2 is 1.75 bits per heavy atom. The molecule has 0 bridgehead atoms. The summed E-state index contributed by atoms with van der Waals surface area (Å²) in [6.45, 7) is 7.14. The summed E-state index contributed by atoms with van der Waals surface area (Å²) in [5.74, 6) is 0.783. The molecule has 2 heteroatoms. The van der Waals surface area contributed by atoms with E-state index in [2.05, 4.69) is 51.1 Å². The number of rotatable bonds is 3. The molecule has 0 spiro atoms. The molecule has 2 rings (SSSR count). The van der Waals surface area contributed by atoms with E-state index in [1.807, 2.05) is 12.1 Å². The molecule has 2 aromatic rings. The fourth-order valence-electron chi connectivity index (χ4n) is 1.92. The molecule has 0 saturated heterocycles. The van der Waals surface area contributed by atoms with Crippen LogP contribution in [0.2, 0.25) is 0 Å². The number of hydrogen-bond acceptors (Lipinski definition) is 2. The molecule has 0 unspecified atom stereocenters. The first-order chi connectivity index (χ1) is 9.49. The SMILES string of the molecule is CC(C)(C)c1cccc(COc2ccc(C#N)cc2)c1. The van der Waals surface area contributed by atoms with Crippen molar-refractivity contribution in [3.63, 3.8) is 0 Å². The van der Waals surface area contributed by atoms with Gasteiger partial charge in [0.05, 0.1) is 11.6 Å². The molecule has 0 N–H and O–H groups in total. The molecular weight excluding hydrogens is 246 g/mol. The molecule has 0 aromatic heterocycles. The first-order valence-electron chi connectivity index (χ1n) is 6.71. The number of benzene rings is 2. The second-order valence-electron chi connectivity index (χ2n) is 5.88. The average Bonchev–Trinajstić information content (AvgIpc) is 2.45. The van der Waals surface area contributed by atoms with Gasteiger partial charge in [0, 0.05) is 0 Å². The van der Waals surface area contributed by atoms with E-state index in [1.54, 1.807) is 12.1 Å². The van der Waals surface area contributed by atoms with E-state index in [9.17, 15) is 0 Å². The van der Waals surface area contributed by atoms with Crippen molar-refractivity contribution in [1.82, 2.24) is 0 Å². The topological polar surface area (TPSA) is 33.0 Å². The lowest BCUT2D eigenvalue weighted by molar-refractivity contribution is 0.306. The summed E-state index contributed by atoms with van der Waals surface area (Å²) in [5.41, 5.74) is 3.25. The Morgan fingerprint density at radius 1 is 1.05 bits per heavy atom. The Labute approximate surface area is 120 Å². The minimum absolute atomic E-state index is 0.143. The second-order valence-corrected chi connectivity index (χ2v) is 5.88. The van der Waals surface area contributed by atoms with E-state index < -0.39 is 0 Å². The lowest BCUT2D eigenvalue weighted by Crippen LogP contribution is -2.11. The molecule has 0 saturated carbocycles. The Bertz CT molecular complexity index is 615. The van der Waals surface area contributed by atoms with Crippen molar-refractivity contribution in [1.29, 1.82) is 5.26 Å². The molecule has 0 amide bonds. The highest BCUT2D eigenvalue weighted by atomic mass is 16.5. The molecule has 20 heavy (non-hydrogen) atoms. The maximum atomic E-state index is 8.75. The molecule has 0 fully saturated rings.